The minimum Gasteiger partial charge on any atom is -0.508 e. The number of hydrogen-bond donors (Lipinski definition) is 1. The lowest BCUT2D eigenvalue weighted by Gasteiger charge is -2.31. The molecule has 2 atom stereocenters. The molecule has 1 N–H and O–H groups in total. The van der Waals surface area contributed by atoms with Crippen molar-refractivity contribution in [3.8, 4) is 11.1 Å². The first-order valence-electron chi connectivity index (χ1n) is 9.25. The second-order valence-corrected chi connectivity index (χ2v) is 8.34. The van der Waals surface area contributed by atoms with Crippen molar-refractivity contribution in [3.63, 3.8) is 0 Å². The molecule has 2 aliphatic heterocycles. The highest BCUT2D eigenvalue weighted by Gasteiger charge is 2.50. The zero-order valence-electron chi connectivity index (χ0n) is 16.0. The minimum absolute atomic E-state index is 0.0721. The van der Waals surface area contributed by atoms with Gasteiger partial charge < -0.3 is 9.84 Å². The molecule has 2 aromatic carbocycles. The molecule has 0 saturated carbocycles. The van der Waals surface area contributed by atoms with Gasteiger partial charge in [-0.25, -0.2) is 0 Å². The lowest BCUT2D eigenvalue weighted by Crippen LogP contribution is -2.38. The number of Topliss-reactive ketones (excluding diaryl/α,β-unsaturated/α-hetero) is 1. The van der Waals surface area contributed by atoms with Crippen LogP contribution in [0.4, 0.5) is 0 Å². The van der Waals surface area contributed by atoms with Gasteiger partial charge in [-0.3, -0.25) is 4.79 Å². The van der Waals surface area contributed by atoms with Crippen LogP contribution < -0.4 is 0 Å². The van der Waals surface area contributed by atoms with Crippen molar-refractivity contribution in [1.82, 2.24) is 0 Å². The number of halogens is 1. The molecule has 1 fully saturated rings. The minimum atomic E-state index is -0.752. The molecular formula is C23H23ClO3. The van der Waals surface area contributed by atoms with Crippen LogP contribution in [0.15, 0.2) is 36.1 Å². The van der Waals surface area contributed by atoms with Crippen LogP contribution in [0.1, 0.15) is 42.0 Å². The van der Waals surface area contributed by atoms with Crippen LogP contribution in [0.5, 0.6) is 0 Å². The number of ether oxygens (including phenoxy) is 1. The van der Waals surface area contributed by atoms with Gasteiger partial charge in [0.2, 0.25) is 0 Å². The molecule has 0 aromatic heterocycles. The summed E-state index contributed by atoms with van der Waals surface area (Å²) in [6, 6.07) is 10.0. The Hall–Kier alpha value is -2.10. The predicted octanol–water partition coefficient (Wildman–Crippen LogP) is 5.72. The van der Waals surface area contributed by atoms with Gasteiger partial charge in [-0.1, -0.05) is 29.8 Å². The third-order valence-corrected chi connectivity index (χ3v) is 6.08. The Morgan fingerprint density at radius 1 is 1.11 bits per heavy atom. The molecule has 1 saturated heterocycles. The molecule has 0 spiro atoms. The van der Waals surface area contributed by atoms with Gasteiger partial charge in [0.05, 0.1) is 5.57 Å². The van der Waals surface area contributed by atoms with Gasteiger partial charge >= 0.3 is 0 Å². The van der Waals surface area contributed by atoms with Crippen LogP contribution in [0.2, 0.25) is 5.02 Å². The van der Waals surface area contributed by atoms with Gasteiger partial charge in [0, 0.05) is 5.02 Å². The fraction of sp³-hybridized carbons (Fsp3) is 0.348. The molecule has 2 aliphatic rings. The number of carbonyl (C=O) groups is 1. The van der Waals surface area contributed by atoms with Crippen molar-refractivity contribution in [3.05, 3.63) is 63.4 Å². The Kier molecular flexibility index (Phi) is 4.21. The van der Waals surface area contributed by atoms with E-state index in [2.05, 4.69) is 12.1 Å². The van der Waals surface area contributed by atoms with Crippen LogP contribution in [0.25, 0.3) is 16.7 Å². The molecule has 4 heteroatoms. The van der Waals surface area contributed by atoms with Crippen molar-refractivity contribution in [1.29, 1.82) is 0 Å². The number of hydrogen-bond acceptors (Lipinski definition) is 3. The topological polar surface area (TPSA) is 46.5 Å². The smallest absolute Gasteiger partial charge is 0.195 e. The first-order valence-corrected chi connectivity index (χ1v) is 9.63. The van der Waals surface area contributed by atoms with Crippen LogP contribution in [0.3, 0.4) is 0 Å². The van der Waals surface area contributed by atoms with E-state index in [0.29, 0.717) is 23.4 Å². The van der Waals surface area contributed by atoms with Crippen molar-refractivity contribution in [2.24, 2.45) is 0 Å². The first kappa shape index (κ1) is 18.3. The summed E-state index contributed by atoms with van der Waals surface area (Å²) in [5, 5.41) is 11.6. The lowest BCUT2D eigenvalue weighted by atomic mass is 9.85. The van der Waals surface area contributed by atoms with E-state index >= 15 is 0 Å². The molecule has 2 bridgehead atoms. The van der Waals surface area contributed by atoms with Crippen molar-refractivity contribution < 1.29 is 14.6 Å². The van der Waals surface area contributed by atoms with E-state index in [-0.39, 0.29) is 11.5 Å². The highest BCUT2D eigenvalue weighted by atomic mass is 35.5. The number of fused-ring (bicyclic) bond motifs is 2. The quantitative estimate of drug-likeness (QED) is 0.722. The Bertz CT molecular complexity index is 982. The highest BCUT2D eigenvalue weighted by Crippen LogP contribution is 2.46. The van der Waals surface area contributed by atoms with Crippen LogP contribution in [0, 0.1) is 20.8 Å². The van der Waals surface area contributed by atoms with Gasteiger partial charge in [0.15, 0.2) is 5.78 Å². The summed E-state index contributed by atoms with van der Waals surface area (Å²) in [4.78, 5) is 12.9. The number of benzene rings is 2. The fourth-order valence-corrected chi connectivity index (χ4v) is 4.67. The van der Waals surface area contributed by atoms with Gasteiger partial charge in [-0.05, 0) is 86.1 Å². The SMILES string of the molecule is Cc1cc(Cl)ccc1-c1cc(C)c(C2=C(O)C3(C)CCC(O3)C2=O)c(C)c1. The Morgan fingerprint density at radius 2 is 1.78 bits per heavy atom. The molecule has 0 aliphatic carbocycles. The summed E-state index contributed by atoms with van der Waals surface area (Å²) in [5.41, 5.74) is 5.74. The van der Waals surface area contributed by atoms with Crippen LogP contribution >= 0.6 is 11.6 Å². The molecule has 2 heterocycles. The molecule has 27 heavy (non-hydrogen) atoms. The number of ketones is 1. The monoisotopic (exact) mass is 382 g/mol. The summed E-state index contributed by atoms with van der Waals surface area (Å²) >= 11 is 6.09. The zero-order valence-corrected chi connectivity index (χ0v) is 16.8. The zero-order chi connectivity index (χ0) is 19.5. The average Bonchev–Trinajstić information content (AvgIpc) is 2.96. The van der Waals surface area contributed by atoms with Crippen molar-refractivity contribution in [2.45, 2.75) is 52.2 Å². The highest BCUT2D eigenvalue weighted by molar-refractivity contribution is 6.30. The average molecular weight is 383 g/mol. The van der Waals surface area contributed by atoms with Gasteiger partial charge in [-0.2, -0.15) is 0 Å². The van der Waals surface area contributed by atoms with E-state index in [4.69, 9.17) is 16.3 Å². The van der Waals surface area contributed by atoms with Crippen molar-refractivity contribution >= 4 is 23.0 Å². The van der Waals surface area contributed by atoms with Crippen molar-refractivity contribution in [2.75, 3.05) is 0 Å². The first-order chi connectivity index (χ1) is 12.7. The number of aryl methyl sites for hydroxylation is 3. The molecule has 3 nitrogen and oxygen atoms in total. The standard InChI is InChI=1S/C23H23ClO3/c1-12-11-16(24)5-6-17(12)15-9-13(2)19(14(3)10-15)20-21(25)18-7-8-23(4,27-18)22(20)26/h5-6,9-11,18,26H,7-8H2,1-4H3. The normalized spacial score (nSPS) is 24.6. The maximum absolute atomic E-state index is 12.9. The second-order valence-electron chi connectivity index (χ2n) is 7.91. The van der Waals surface area contributed by atoms with Gasteiger partial charge in [0.25, 0.3) is 0 Å². The van der Waals surface area contributed by atoms with E-state index in [1.807, 2.05) is 45.9 Å². The lowest BCUT2D eigenvalue weighted by molar-refractivity contribution is -0.130. The summed E-state index contributed by atoms with van der Waals surface area (Å²) in [5.74, 6) is -0.0352. The number of aliphatic hydroxyl groups is 1. The van der Waals surface area contributed by atoms with E-state index < -0.39 is 11.7 Å². The van der Waals surface area contributed by atoms with Crippen LogP contribution in [-0.4, -0.2) is 22.6 Å². The van der Waals surface area contributed by atoms with Gasteiger partial charge in [0.1, 0.15) is 17.5 Å². The molecule has 140 valence electrons. The predicted molar refractivity (Wildman–Crippen MR) is 108 cm³/mol. The fourth-order valence-electron chi connectivity index (χ4n) is 4.45. The largest absolute Gasteiger partial charge is 0.508 e. The number of rotatable bonds is 2. The summed E-state index contributed by atoms with van der Waals surface area (Å²) < 4.78 is 5.79. The molecule has 0 amide bonds. The van der Waals surface area contributed by atoms with E-state index in [1.165, 1.54) is 0 Å². The summed E-state index contributed by atoms with van der Waals surface area (Å²) in [7, 11) is 0. The number of carbonyl (C=O) groups excluding carboxylic acids is 1. The molecular weight excluding hydrogens is 360 g/mol. The van der Waals surface area contributed by atoms with E-state index in [9.17, 15) is 9.90 Å². The Morgan fingerprint density at radius 3 is 2.41 bits per heavy atom. The molecule has 0 radical (unpaired) electrons. The Labute approximate surface area is 164 Å². The Balaban J connectivity index is 1.87. The van der Waals surface area contributed by atoms with Crippen LogP contribution in [-0.2, 0) is 9.53 Å². The molecule has 4 rings (SSSR count). The van der Waals surface area contributed by atoms with E-state index in [0.717, 1.165) is 33.4 Å². The molecule has 2 aromatic rings. The second kappa shape index (κ2) is 6.22. The van der Waals surface area contributed by atoms with E-state index in [1.54, 1.807) is 0 Å². The maximum atomic E-state index is 12.9. The summed E-state index contributed by atoms with van der Waals surface area (Å²) in [6.07, 6.45) is 0.875. The third kappa shape index (κ3) is 2.81. The summed E-state index contributed by atoms with van der Waals surface area (Å²) in [6.45, 7) is 7.88. The van der Waals surface area contributed by atoms with Gasteiger partial charge in [-0.15, -0.1) is 0 Å². The maximum Gasteiger partial charge on any atom is 0.195 e. The third-order valence-electron chi connectivity index (χ3n) is 5.84. The number of aliphatic hydroxyl groups excluding tert-OH is 1. The molecule has 2 unspecified atom stereocenters.